The van der Waals surface area contributed by atoms with Crippen molar-refractivity contribution < 1.29 is 23.8 Å². The van der Waals surface area contributed by atoms with Gasteiger partial charge >= 0.3 is 11.9 Å². The summed E-state index contributed by atoms with van der Waals surface area (Å²) in [4.78, 5) is 22.1. The summed E-state index contributed by atoms with van der Waals surface area (Å²) >= 11 is 0. The second-order valence-electron chi connectivity index (χ2n) is 3.76. The van der Waals surface area contributed by atoms with E-state index in [2.05, 4.69) is 4.74 Å². The maximum Gasteiger partial charge on any atom is 0.344 e. The summed E-state index contributed by atoms with van der Waals surface area (Å²) in [6.07, 6.45) is 0.656. The molecule has 104 valence electrons. The first-order valence-electron chi connectivity index (χ1n) is 5.82. The van der Waals surface area contributed by atoms with Crippen LogP contribution in [0.5, 0.6) is 5.75 Å². The minimum Gasteiger partial charge on any atom is -0.482 e. The van der Waals surface area contributed by atoms with Gasteiger partial charge < -0.3 is 19.9 Å². The Morgan fingerprint density at radius 1 is 1.16 bits per heavy atom. The molecule has 0 aliphatic heterocycles. The van der Waals surface area contributed by atoms with Gasteiger partial charge in [0.1, 0.15) is 5.75 Å². The van der Waals surface area contributed by atoms with Gasteiger partial charge in [-0.05, 0) is 30.7 Å². The van der Waals surface area contributed by atoms with E-state index in [4.69, 9.17) is 15.2 Å². The van der Waals surface area contributed by atoms with E-state index in [1.807, 2.05) is 0 Å². The van der Waals surface area contributed by atoms with Crippen molar-refractivity contribution in [3.05, 3.63) is 24.3 Å². The number of esters is 2. The summed E-state index contributed by atoms with van der Waals surface area (Å²) in [7, 11) is 1.31. The van der Waals surface area contributed by atoms with E-state index in [9.17, 15) is 9.59 Å². The zero-order chi connectivity index (χ0) is 14.1. The molecule has 0 amide bonds. The third-order valence-corrected chi connectivity index (χ3v) is 2.25. The molecule has 0 bridgehead atoms. The molecule has 0 atom stereocenters. The molecule has 1 rings (SSSR count). The minimum absolute atomic E-state index is 0.166. The largest absolute Gasteiger partial charge is 0.482 e. The van der Waals surface area contributed by atoms with Crippen molar-refractivity contribution in [2.45, 2.75) is 12.8 Å². The maximum absolute atomic E-state index is 11.3. The summed E-state index contributed by atoms with van der Waals surface area (Å²) in [5.74, 6) is -0.267. The molecule has 0 saturated heterocycles. The molecular weight excluding hydrogens is 250 g/mol. The molecule has 0 aliphatic carbocycles. The van der Waals surface area contributed by atoms with Gasteiger partial charge in [0.25, 0.3) is 0 Å². The van der Waals surface area contributed by atoms with Gasteiger partial charge in [-0.25, -0.2) is 4.79 Å². The number of methoxy groups -OCH3 is 1. The number of carbonyl (C=O) groups is 2. The number of rotatable bonds is 7. The Kier molecular flexibility index (Phi) is 6.21. The summed E-state index contributed by atoms with van der Waals surface area (Å²) in [6, 6.07) is 6.69. The highest BCUT2D eigenvalue weighted by Gasteiger charge is 2.05. The maximum atomic E-state index is 11.3. The van der Waals surface area contributed by atoms with E-state index in [0.29, 0.717) is 17.9 Å². The molecule has 0 saturated carbocycles. The fraction of sp³-hybridized carbons (Fsp3) is 0.385. The molecule has 2 N–H and O–H groups in total. The summed E-state index contributed by atoms with van der Waals surface area (Å²) in [6.45, 7) is -0.0127. The fourth-order valence-electron chi connectivity index (χ4n) is 1.25. The first kappa shape index (κ1) is 14.8. The molecule has 1 aromatic rings. The van der Waals surface area contributed by atoms with Crippen molar-refractivity contribution in [2.75, 3.05) is 26.1 Å². The summed E-state index contributed by atoms with van der Waals surface area (Å²) in [5.41, 5.74) is 6.14. The molecule has 19 heavy (non-hydrogen) atoms. The van der Waals surface area contributed by atoms with Crippen molar-refractivity contribution in [2.24, 2.45) is 0 Å². The number of ether oxygens (including phenoxy) is 3. The molecular formula is C13H17NO5. The molecule has 6 heteroatoms. The first-order valence-corrected chi connectivity index (χ1v) is 5.82. The van der Waals surface area contributed by atoms with Crippen molar-refractivity contribution in [1.29, 1.82) is 0 Å². The van der Waals surface area contributed by atoms with Gasteiger partial charge in [0.15, 0.2) is 6.61 Å². The quantitative estimate of drug-likeness (QED) is 0.453. The Hall–Kier alpha value is -2.24. The van der Waals surface area contributed by atoms with Crippen LogP contribution in [0, 0.1) is 0 Å². The van der Waals surface area contributed by atoms with Gasteiger partial charge in [0.05, 0.1) is 13.7 Å². The number of benzene rings is 1. The van der Waals surface area contributed by atoms with Crippen molar-refractivity contribution >= 4 is 17.6 Å². The molecule has 1 aromatic carbocycles. The molecule has 0 heterocycles. The smallest absolute Gasteiger partial charge is 0.344 e. The lowest BCUT2D eigenvalue weighted by molar-refractivity contribution is -0.148. The SMILES string of the molecule is COC(=O)CCCOC(=O)COc1ccc(N)cc1. The lowest BCUT2D eigenvalue weighted by atomic mass is 10.3. The van der Waals surface area contributed by atoms with Gasteiger partial charge in [-0.2, -0.15) is 0 Å². The highest BCUT2D eigenvalue weighted by atomic mass is 16.6. The lowest BCUT2D eigenvalue weighted by Gasteiger charge is -2.07. The summed E-state index contributed by atoms with van der Waals surface area (Å²) in [5, 5.41) is 0. The number of hydrogen-bond acceptors (Lipinski definition) is 6. The average molecular weight is 267 g/mol. The molecule has 0 radical (unpaired) electrons. The van der Waals surface area contributed by atoms with E-state index in [-0.39, 0.29) is 25.6 Å². The van der Waals surface area contributed by atoms with Crippen LogP contribution in [0.15, 0.2) is 24.3 Å². The minimum atomic E-state index is -0.485. The van der Waals surface area contributed by atoms with E-state index in [1.54, 1.807) is 24.3 Å². The predicted molar refractivity (Wildman–Crippen MR) is 68.6 cm³/mol. The van der Waals surface area contributed by atoms with Crippen LogP contribution in [0.3, 0.4) is 0 Å². The van der Waals surface area contributed by atoms with Gasteiger partial charge in [-0.3, -0.25) is 4.79 Å². The summed E-state index contributed by atoms with van der Waals surface area (Å²) < 4.78 is 14.5. The van der Waals surface area contributed by atoms with E-state index in [1.165, 1.54) is 7.11 Å². The van der Waals surface area contributed by atoms with E-state index < -0.39 is 5.97 Å². The van der Waals surface area contributed by atoms with Crippen molar-refractivity contribution in [3.8, 4) is 5.75 Å². The second kappa shape index (κ2) is 7.97. The molecule has 0 aromatic heterocycles. The Morgan fingerprint density at radius 2 is 1.84 bits per heavy atom. The molecule has 0 spiro atoms. The normalized spacial score (nSPS) is 9.74. The number of nitrogen functional groups attached to an aromatic ring is 1. The standard InChI is InChI=1S/C13H17NO5/c1-17-12(15)3-2-8-18-13(16)9-19-11-6-4-10(14)5-7-11/h4-7H,2-3,8-9,14H2,1H3. The van der Waals surface area contributed by atoms with E-state index in [0.717, 1.165) is 0 Å². The Balaban J connectivity index is 2.14. The number of hydrogen-bond donors (Lipinski definition) is 1. The van der Waals surface area contributed by atoms with Crippen LogP contribution < -0.4 is 10.5 Å². The Bertz CT molecular complexity index is 416. The monoisotopic (exact) mass is 267 g/mol. The van der Waals surface area contributed by atoms with Gasteiger partial charge in [-0.15, -0.1) is 0 Å². The molecule has 0 fully saturated rings. The van der Waals surface area contributed by atoms with Crippen LogP contribution in [0.4, 0.5) is 5.69 Å². The lowest BCUT2D eigenvalue weighted by Crippen LogP contribution is -2.16. The Labute approximate surface area is 111 Å². The zero-order valence-corrected chi connectivity index (χ0v) is 10.8. The van der Waals surface area contributed by atoms with Crippen LogP contribution in [0.2, 0.25) is 0 Å². The molecule has 0 aliphatic rings. The predicted octanol–water partition coefficient (Wildman–Crippen LogP) is 1.14. The highest BCUT2D eigenvalue weighted by molar-refractivity contribution is 5.71. The topological polar surface area (TPSA) is 87.8 Å². The first-order chi connectivity index (χ1) is 9.11. The third kappa shape index (κ3) is 6.30. The van der Waals surface area contributed by atoms with Crippen LogP contribution in [0.25, 0.3) is 0 Å². The van der Waals surface area contributed by atoms with Gasteiger partial charge in [0, 0.05) is 12.1 Å². The number of anilines is 1. The van der Waals surface area contributed by atoms with Crippen LogP contribution in [-0.4, -0.2) is 32.3 Å². The number of nitrogens with two attached hydrogens (primary N) is 1. The highest BCUT2D eigenvalue weighted by Crippen LogP contribution is 2.12. The van der Waals surface area contributed by atoms with Crippen molar-refractivity contribution in [3.63, 3.8) is 0 Å². The van der Waals surface area contributed by atoms with Gasteiger partial charge in [-0.1, -0.05) is 0 Å². The van der Waals surface area contributed by atoms with Crippen LogP contribution >= 0.6 is 0 Å². The molecule has 6 nitrogen and oxygen atoms in total. The van der Waals surface area contributed by atoms with Crippen LogP contribution in [-0.2, 0) is 19.1 Å². The van der Waals surface area contributed by atoms with Crippen LogP contribution in [0.1, 0.15) is 12.8 Å². The fourth-order valence-corrected chi connectivity index (χ4v) is 1.25. The molecule has 0 unspecified atom stereocenters. The second-order valence-corrected chi connectivity index (χ2v) is 3.76. The van der Waals surface area contributed by atoms with E-state index >= 15 is 0 Å². The van der Waals surface area contributed by atoms with Gasteiger partial charge in [0.2, 0.25) is 0 Å². The average Bonchev–Trinajstić information content (AvgIpc) is 2.42. The Morgan fingerprint density at radius 3 is 2.47 bits per heavy atom. The van der Waals surface area contributed by atoms with Crippen molar-refractivity contribution in [1.82, 2.24) is 0 Å². The third-order valence-electron chi connectivity index (χ3n) is 2.25. The zero-order valence-electron chi connectivity index (χ0n) is 10.8. The number of carbonyl (C=O) groups excluding carboxylic acids is 2.